The quantitative estimate of drug-likeness (QED) is 0.638. The highest BCUT2D eigenvalue weighted by molar-refractivity contribution is 9.10. The highest BCUT2D eigenvalue weighted by Gasteiger charge is 2.15. The van der Waals surface area contributed by atoms with Crippen LogP contribution in [0.4, 0.5) is 0 Å². The third-order valence-electron chi connectivity index (χ3n) is 1.05. The normalized spacial score (nSPS) is 10.7. The van der Waals surface area contributed by atoms with Crippen molar-refractivity contribution < 1.29 is 13.0 Å². The minimum Gasteiger partial charge on any atom is -0.282 e. The van der Waals surface area contributed by atoms with Gasteiger partial charge in [-0.05, 0) is 22.0 Å². The summed E-state index contributed by atoms with van der Waals surface area (Å²) in [5.41, 5.74) is 0. The Bertz CT molecular complexity index is 408. The molecule has 8 heteroatoms. The standard InChI is InChI=1S/C5H3BrClNO3S.ClH/c6-3-1-4(12(9,10)11)5(7)8-2-3;/h1-2H,(H,9,10,11);1H. The van der Waals surface area contributed by atoms with Crippen LogP contribution in [-0.2, 0) is 10.1 Å². The number of nitrogens with zero attached hydrogens (tertiary/aromatic N) is 1. The van der Waals surface area contributed by atoms with Gasteiger partial charge in [0.15, 0.2) is 0 Å². The first kappa shape index (κ1) is 13.1. The van der Waals surface area contributed by atoms with Crippen LogP contribution in [0.25, 0.3) is 0 Å². The van der Waals surface area contributed by atoms with Crippen LogP contribution in [0.3, 0.4) is 0 Å². The third kappa shape index (κ3) is 3.40. The molecule has 1 rings (SSSR count). The number of pyridine rings is 1. The molecule has 0 bridgehead atoms. The van der Waals surface area contributed by atoms with Crippen molar-refractivity contribution in [2.24, 2.45) is 0 Å². The van der Waals surface area contributed by atoms with Gasteiger partial charge in [0.2, 0.25) is 0 Å². The van der Waals surface area contributed by atoms with E-state index in [4.69, 9.17) is 16.2 Å². The Hall–Kier alpha value is 0.120. The van der Waals surface area contributed by atoms with Gasteiger partial charge in [0, 0.05) is 10.7 Å². The molecule has 0 aliphatic carbocycles. The molecule has 0 radical (unpaired) electrons. The van der Waals surface area contributed by atoms with Crippen LogP contribution in [0, 0.1) is 0 Å². The molecule has 0 saturated heterocycles. The van der Waals surface area contributed by atoms with E-state index in [-0.39, 0.29) is 17.6 Å². The van der Waals surface area contributed by atoms with Gasteiger partial charge in [-0.25, -0.2) is 4.98 Å². The molecule has 0 unspecified atom stereocenters. The SMILES string of the molecule is Cl.O=S(=O)(O)c1cc(Br)cnc1Cl. The molecule has 0 saturated carbocycles. The lowest BCUT2D eigenvalue weighted by Gasteiger charge is -1.98. The molecule has 1 aromatic heterocycles. The van der Waals surface area contributed by atoms with E-state index in [1.807, 2.05) is 0 Å². The molecule has 1 N–H and O–H groups in total. The molecule has 0 spiro atoms. The zero-order valence-corrected chi connectivity index (χ0v) is 9.91. The summed E-state index contributed by atoms with van der Waals surface area (Å²) in [5.74, 6) is 0. The van der Waals surface area contributed by atoms with E-state index in [1.54, 1.807) is 0 Å². The highest BCUT2D eigenvalue weighted by atomic mass is 79.9. The first-order chi connectivity index (χ1) is 5.41. The van der Waals surface area contributed by atoms with Gasteiger partial charge in [0.05, 0.1) is 0 Å². The molecule has 4 nitrogen and oxygen atoms in total. The second kappa shape index (κ2) is 4.56. The van der Waals surface area contributed by atoms with Crippen molar-refractivity contribution in [3.05, 3.63) is 21.9 Å². The molecule has 0 amide bonds. The molecular formula is C5H4BrCl2NO3S. The summed E-state index contributed by atoms with van der Waals surface area (Å²) in [6.45, 7) is 0. The van der Waals surface area contributed by atoms with E-state index in [2.05, 4.69) is 20.9 Å². The maximum Gasteiger partial charge on any atom is 0.297 e. The van der Waals surface area contributed by atoms with Crippen molar-refractivity contribution in [2.45, 2.75) is 4.90 Å². The van der Waals surface area contributed by atoms with E-state index >= 15 is 0 Å². The molecule has 74 valence electrons. The largest absolute Gasteiger partial charge is 0.297 e. The number of aromatic nitrogens is 1. The van der Waals surface area contributed by atoms with Crippen molar-refractivity contribution in [1.29, 1.82) is 0 Å². The summed E-state index contributed by atoms with van der Waals surface area (Å²) in [6.07, 6.45) is 1.33. The zero-order valence-electron chi connectivity index (χ0n) is 5.94. The lowest BCUT2D eigenvalue weighted by molar-refractivity contribution is 0.483. The fourth-order valence-corrected chi connectivity index (χ4v) is 2.01. The lowest BCUT2D eigenvalue weighted by atomic mass is 10.5. The fraction of sp³-hybridized carbons (Fsp3) is 0. The van der Waals surface area contributed by atoms with Gasteiger partial charge < -0.3 is 0 Å². The summed E-state index contributed by atoms with van der Waals surface area (Å²) in [7, 11) is -4.28. The topological polar surface area (TPSA) is 67.3 Å². The van der Waals surface area contributed by atoms with E-state index < -0.39 is 15.0 Å². The summed E-state index contributed by atoms with van der Waals surface area (Å²) in [4.78, 5) is 3.12. The minimum absolute atomic E-state index is 0. The lowest BCUT2D eigenvalue weighted by Crippen LogP contribution is -2.00. The molecule has 0 fully saturated rings. The average Bonchev–Trinajstić information content (AvgIpc) is 1.92. The second-order valence-electron chi connectivity index (χ2n) is 1.92. The highest BCUT2D eigenvalue weighted by Crippen LogP contribution is 2.21. The van der Waals surface area contributed by atoms with Crippen LogP contribution in [-0.4, -0.2) is 18.0 Å². The van der Waals surface area contributed by atoms with Crippen molar-refractivity contribution in [3.63, 3.8) is 0 Å². The minimum atomic E-state index is -4.28. The van der Waals surface area contributed by atoms with Gasteiger partial charge in [0.1, 0.15) is 10.0 Å². The predicted molar refractivity (Wildman–Crippen MR) is 54.0 cm³/mol. The van der Waals surface area contributed by atoms with Crippen molar-refractivity contribution in [1.82, 2.24) is 4.98 Å². The van der Waals surface area contributed by atoms with E-state index in [9.17, 15) is 8.42 Å². The molecule has 0 aromatic carbocycles. The van der Waals surface area contributed by atoms with Gasteiger partial charge >= 0.3 is 0 Å². The number of rotatable bonds is 1. The smallest absolute Gasteiger partial charge is 0.282 e. The third-order valence-corrected chi connectivity index (χ3v) is 2.77. The van der Waals surface area contributed by atoms with Crippen molar-refractivity contribution in [2.75, 3.05) is 0 Å². The van der Waals surface area contributed by atoms with Gasteiger partial charge in [-0.15, -0.1) is 12.4 Å². The second-order valence-corrected chi connectivity index (χ2v) is 4.58. The van der Waals surface area contributed by atoms with Gasteiger partial charge in [-0.1, -0.05) is 11.6 Å². The first-order valence-electron chi connectivity index (χ1n) is 2.70. The molecule has 0 atom stereocenters. The first-order valence-corrected chi connectivity index (χ1v) is 5.31. The fourth-order valence-electron chi connectivity index (χ4n) is 0.585. The van der Waals surface area contributed by atoms with Crippen LogP contribution < -0.4 is 0 Å². The summed E-state index contributed by atoms with van der Waals surface area (Å²) < 4.78 is 30.3. The Kier molecular flexibility index (Phi) is 4.61. The summed E-state index contributed by atoms with van der Waals surface area (Å²) in [5, 5.41) is -0.249. The van der Waals surface area contributed by atoms with E-state index in [0.717, 1.165) is 0 Å². The Morgan fingerprint density at radius 3 is 2.46 bits per heavy atom. The maximum absolute atomic E-state index is 10.6. The van der Waals surface area contributed by atoms with Gasteiger partial charge in [-0.2, -0.15) is 8.42 Å². The van der Waals surface area contributed by atoms with Crippen LogP contribution in [0.15, 0.2) is 21.6 Å². The van der Waals surface area contributed by atoms with Gasteiger partial charge in [-0.3, -0.25) is 4.55 Å². The van der Waals surface area contributed by atoms with Crippen LogP contribution in [0.2, 0.25) is 5.15 Å². The van der Waals surface area contributed by atoms with E-state index in [0.29, 0.717) is 4.47 Å². The number of hydrogen-bond donors (Lipinski definition) is 1. The maximum atomic E-state index is 10.6. The molecule has 1 aromatic rings. The van der Waals surface area contributed by atoms with Crippen molar-refractivity contribution in [3.8, 4) is 0 Å². The molecule has 13 heavy (non-hydrogen) atoms. The Morgan fingerprint density at radius 1 is 1.54 bits per heavy atom. The van der Waals surface area contributed by atoms with Crippen LogP contribution >= 0.6 is 39.9 Å². The average molecular weight is 309 g/mol. The molecule has 0 aliphatic rings. The Labute approximate surface area is 94.6 Å². The van der Waals surface area contributed by atoms with Crippen molar-refractivity contribution >= 4 is 50.1 Å². The number of hydrogen-bond acceptors (Lipinski definition) is 3. The predicted octanol–water partition coefficient (Wildman–Crippen LogP) is 2.17. The molecule has 1 heterocycles. The van der Waals surface area contributed by atoms with Crippen LogP contribution in [0.5, 0.6) is 0 Å². The van der Waals surface area contributed by atoms with E-state index in [1.165, 1.54) is 12.3 Å². The molecule has 0 aliphatic heterocycles. The number of halogens is 3. The Morgan fingerprint density at radius 2 is 2.08 bits per heavy atom. The summed E-state index contributed by atoms with van der Waals surface area (Å²) in [6, 6.07) is 1.17. The van der Waals surface area contributed by atoms with Gasteiger partial charge in [0.25, 0.3) is 10.1 Å². The molecular weight excluding hydrogens is 305 g/mol. The van der Waals surface area contributed by atoms with Crippen LogP contribution in [0.1, 0.15) is 0 Å². The Balaban J connectivity index is 0.00000144. The summed E-state index contributed by atoms with van der Waals surface area (Å²) >= 11 is 8.40. The zero-order chi connectivity index (χ0) is 9.35. The monoisotopic (exact) mass is 307 g/mol.